The maximum Gasteiger partial charge on any atom is 0.397 e. The molecule has 41 heavy (non-hydrogen) atoms. The molecule has 0 heterocycles. The Hall–Kier alpha value is -4.19. The average molecular weight is 636 g/mol. The lowest BCUT2D eigenvalue weighted by molar-refractivity contribution is -0.421. The van der Waals surface area contributed by atoms with E-state index < -0.39 is 91.8 Å². The second-order valence-corrected chi connectivity index (χ2v) is 12.4. The van der Waals surface area contributed by atoms with Crippen LogP contribution in [-0.2, 0) is 34.7 Å². The zero-order chi connectivity index (χ0) is 30.9. The van der Waals surface area contributed by atoms with Crippen LogP contribution in [0, 0.1) is 20.2 Å². The maximum atomic E-state index is 12.9. The molecule has 3 rings (SSSR count). The van der Waals surface area contributed by atoms with E-state index in [1.54, 1.807) is 0 Å². The average Bonchev–Trinajstić information content (AvgIpc) is 2.85. The Morgan fingerprint density at radius 1 is 0.951 bits per heavy atom. The number of hydrogen-bond donors (Lipinski definition) is 3. The molecule has 0 saturated heterocycles. The van der Waals surface area contributed by atoms with E-state index in [0.29, 0.717) is 4.31 Å². The van der Waals surface area contributed by atoms with E-state index in [9.17, 15) is 55.1 Å². The molecule has 22 heteroatoms. The van der Waals surface area contributed by atoms with Crippen molar-refractivity contribution in [1.29, 1.82) is 0 Å². The second kappa shape index (κ2) is 11.4. The third-order valence-corrected chi connectivity index (χ3v) is 8.46. The topological polar surface area (TPSA) is 287 Å². The summed E-state index contributed by atoms with van der Waals surface area (Å²) in [5.41, 5.74) is -3.65. The van der Waals surface area contributed by atoms with Gasteiger partial charge in [-0.1, -0.05) is 6.07 Å². The first-order valence-electron chi connectivity index (χ1n) is 10.5. The molecule has 0 aliphatic rings. The first kappa shape index (κ1) is 31.3. The minimum absolute atomic E-state index is 0.212. The summed E-state index contributed by atoms with van der Waals surface area (Å²) in [5.74, 6) is -0.953. The van der Waals surface area contributed by atoms with Gasteiger partial charge < -0.3 is 5.11 Å². The Labute approximate surface area is 230 Å². The summed E-state index contributed by atoms with van der Waals surface area (Å²) in [5, 5.41) is 39.8. The molecule has 0 fully saturated rings. The number of phenolic OH excluding ortho intramolecular Hbond substituents is 1. The summed E-state index contributed by atoms with van der Waals surface area (Å²) < 4.78 is 94.4. The highest BCUT2D eigenvalue weighted by Gasteiger charge is 2.29. The fraction of sp³-hybridized carbons (Fsp3) is 0.158. The normalized spacial score (nSPS) is 12.8. The van der Waals surface area contributed by atoms with E-state index in [4.69, 9.17) is 4.55 Å². The first-order chi connectivity index (χ1) is 18.8. The lowest BCUT2D eigenvalue weighted by Crippen LogP contribution is -2.30. The number of hydrogen-bond acceptors (Lipinski definition) is 14. The lowest BCUT2D eigenvalue weighted by Gasteiger charge is -2.17. The number of sulfonamides is 1. The molecule has 0 aliphatic carbocycles. The van der Waals surface area contributed by atoms with Crippen LogP contribution in [-0.4, -0.2) is 73.8 Å². The van der Waals surface area contributed by atoms with Crippen LogP contribution in [0.25, 0.3) is 10.8 Å². The molecule has 0 unspecified atom stereocenters. The molecule has 0 saturated carbocycles. The van der Waals surface area contributed by atoms with Gasteiger partial charge >= 0.3 is 21.8 Å². The lowest BCUT2D eigenvalue weighted by atomic mass is 10.1. The molecule has 0 spiro atoms. The molecule has 0 aromatic heterocycles. The number of nitro groups is 2. The summed E-state index contributed by atoms with van der Waals surface area (Å²) >= 11 is 0. The Kier molecular flexibility index (Phi) is 8.68. The third kappa shape index (κ3) is 6.94. The van der Waals surface area contributed by atoms with Crippen molar-refractivity contribution in [3.8, 4) is 5.75 Å². The van der Waals surface area contributed by atoms with Crippen LogP contribution in [0.15, 0.2) is 62.5 Å². The van der Waals surface area contributed by atoms with E-state index in [-0.39, 0.29) is 10.8 Å². The Balaban J connectivity index is 2.14. The molecule has 0 atom stereocenters. The largest absolute Gasteiger partial charge is 0.505 e. The molecule has 220 valence electrons. The summed E-state index contributed by atoms with van der Waals surface area (Å²) in [7, 11) is -13.4. The van der Waals surface area contributed by atoms with Crippen LogP contribution in [0.4, 0.5) is 22.7 Å². The number of nitro benzene ring substituents is 2. The van der Waals surface area contributed by atoms with E-state index >= 15 is 0 Å². The number of rotatable bonds is 11. The Morgan fingerprint density at radius 3 is 2.17 bits per heavy atom. The Morgan fingerprint density at radius 2 is 1.61 bits per heavy atom. The van der Waals surface area contributed by atoms with Gasteiger partial charge in [0.05, 0.1) is 21.3 Å². The van der Waals surface area contributed by atoms with Gasteiger partial charge in [-0.2, -0.15) is 21.1 Å². The van der Waals surface area contributed by atoms with Gasteiger partial charge in [0.15, 0.2) is 11.4 Å². The number of nitrogens with zero attached hydrogens (tertiary/aromatic N) is 5. The highest BCUT2D eigenvalue weighted by atomic mass is 32.3. The third-order valence-electron chi connectivity index (χ3n) is 5.28. The second-order valence-electron chi connectivity index (χ2n) is 7.87. The molecule has 3 N–H and O–H groups in total. The van der Waals surface area contributed by atoms with Crippen molar-refractivity contribution in [3.63, 3.8) is 0 Å². The van der Waals surface area contributed by atoms with Gasteiger partial charge in [0.25, 0.3) is 10.1 Å². The molecule has 3 aromatic carbocycles. The summed E-state index contributed by atoms with van der Waals surface area (Å²) in [4.78, 5) is 18.8. The number of aromatic hydroxyl groups is 1. The van der Waals surface area contributed by atoms with E-state index in [0.717, 1.165) is 49.5 Å². The summed E-state index contributed by atoms with van der Waals surface area (Å²) in [6.07, 6.45) is 0. The minimum atomic E-state index is -5.20. The number of azo groups is 1. The number of para-hydroxylation sites is 1. The van der Waals surface area contributed by atoms with Gasteiger partial charge in [0, 0.05) is 25.0 Å². The zero-order valence-corrected chi connectivity index (χ0v) is 22.7. The maximum absolute atomic E-state index is 12.9. The van der Waals surface area contributed by atoms with Gasteiger partial charge in [0.1, 0.15) is 10.6 Å². The van der Waals surface area contributed by atoms with Crippen molar-refractivity contribution in [1.82, 2.24) is 4.31 Å². The van der Waals surface area contributed by atoms with Crippen molar-refractivity contribution in [2.45, 2.75) is 9.79 Å². The fourth-order valence-electron chi connectivity index (χ4n) is 3.39. The van der Waals surface area contributed by atoms with Crippen molar-refractivity contribution in [3.05, 3.63) is 62.7 Å². The van der Waals surface area contributed by atoms with Gasteiger partial charge in [-0.25, -0.2) is 12.6 Å². The molecule has 0 radical (unpaired) electrons. The van der Waals surface area contributed by atoms with Gasteiger partial charge in [0.2, 0.25) is 10.0 Å². The predicted octanol–water partition coefficient (Wildman–Crippen LogP) is 2.46. The predicted molar refractivity (Wildman–Crippen MR) is 137 cm³/mol. The molecule has 0 amide bonds. The van der Waals surface area contributed by atoms with Crippen LogP contribution in [0.1, 0.15) is 0 Å². The number of fused-ring (bicyclic) bond motifs is 1. The number of phenols is 1. The van der Waals surface area contributed by atoms with Crippen molar-refractivity contribution in [2.24, 2.45) is 10.2 Å². The molecule has 0 aliphatic heterocycles. The van der Waals surface area contributed by atoms with Gasteiger partial charge in [-0.3, -0.25) is 29.3 Å². The number of likely N-dealkylation sites (N-methyl/N-ethyl adjacent to an activating group) is 1. The molecule has 0 bridgehead atoms. The molecule has 19 nitrogen and oxygen atoms in total. The summed E-state index contributed by atoms with van der Waals surface area (Å²) in [6.45, 7) is -1.28. The van der Waals surface area contributed by atoms with Crippen LogP contribution in [0.2, 0.25) is 0 Å². The monoisotopic (exact) mass is 635 g/mol. The van der Waals surface area contributed by atoms with Crippen LogP contribution >= 0.6 is 0 Å². The highest BCUT2D eigenvalue weighted by molar-refractivity contribution is 7.89. The fourth-order valence-corrected chi connectivity index (χ4v) is 5.53. The van der Waals surface area contributed by atoms with E-state index in [1.165, 1.54) is 0 Å². The van der Waals surface area contributed by atoms with Gasteiger partial charge in [-0.05, 0) is 35.7 Å². The van der Waals surface area contributed by atoms with Crippen LogP contribution in [0.3, 0.4) is 0 Å². The molecular formula is C19H17N5O14S3. The minimum Gasteiger partial charge on any atom is -0.505 e. The van der Waals surface area contributed by atoms with Crippen molar-refractivity contribution < 1.29 is 53.5 Å². The van der Waals surface area contributed by atoms with Crippen LogP contribution in [0.5, 0.6) is 5.75 Å². The molecule has 3 aromatic rings. The zero-order valence-electron chi connectivity index (χ0n) is 20.2. The van der Waals surface area contributed by atoms with Crippen molar-refractivity contribution in [2.75, 3.05) is 20.2 Å². The standard InChI is InChI=1S/C19H17N5O14S3/c1-22(7-8-38-41(35,36)37)39(30,31)12-5-6-13-11(9-12)10-16(40(32,33)34)17(19(13)25)21-20-14-3-2-4-15(23(26)27)18(14)24(28)29/h2-6,9-10,25H,7-8H2,1H3,(H,32,33,34)(H,35,36,37). The van der Waals surface area contributed by atoms with E-state index in [2.05, 4.69) is 14.4 Å². The van der Waals surface area contributed by atoms with Crippen LogP contribution < -0.4 is 0 Å². The quantitative estimate of drug-likeness (QED) is 0.118. The SMILES string of the molecule is CN(CCOS(=O)(=O)O)S(=O)(=O)c1ccc2c(O)c(N=Nc3cccc([N+](=O)[O-])c3[N+](=O)[O-])c(S(=O)(=O)O)cc2c1. The number of benzene rings is 3. The first-order valence-corrected chi connectivity index (χ1v) is 14.8. The highest BCUT2D eigenvalue weighted by Crippen LogP contribution is 2.43. The Bertz CT molecular complexity index is 1930. The smallest absolute Gasteiger partial charge is 0.397 e. The molecular weight excluding hydrogens is 618 g/mol. The van der Waals surface area contributed by atoms with Crippen molar-refractivity contribution >= 4 is 64.1 Å². The van der Waals surface area contributed by atoms with Gasteiger partial charge in [-0.15, -0.1) is 10.2 Å². The summed E-state index contributed by atoms with van der Waals surface area (Å²) in [6, 6.07) is 6.46. The van der Waals surface area contributed by atoms with E-state index in [1.807, 2.05) is 0 Å².